The Bertz CT molecular complexity index is 569. The highest BCUT2D eigenvalue weighted by Crippen LogP contribution is 2.33. The van der Waals surface area contributed by atoms with Crippen LogP contribution in [0.3, 0.4) is 0 Å². The van der Waals surface area contributed by atoms with Crippen LogP contribution in [-0.4, -0.2) is 11.5 Å². The molecule has 5 heteroatoms. The quantitative estimate of drug-likeness (QED) is 0.728. The van der Waals surface area contributed by atoms with E-state index in [9.17, 15) is 13.2 Å². The number of aromatic amines is 1. The van der Waals surface area contributed by atoms with Gasteiger partial charge in [0.05, 0.1) is 5.56 Å². The third kappa shape index (κ3) is 1.70. The van der Waals surface area contributed by atoms with Crippen LogP contribution in [0.4, 0.5) is 13.2 Å². The molecular weight excluding hydrogens is 229 g/mol. The first-order chi connectivity index (χ1) is 8.05. The van der Waals surface area contributed by atoms with E-state index >= 15 is 0 Å². The highest BCUT2D eigenvalue weighted by atomic mass is 19.4. The lowest BCUT2D eigenvalue weighted by molar-refractivity contribution is -0.137. The van der Waals surface area contributed by atoms with E-state index < -0.39 is 11.7 Å². The summed E-state index contributed by atoms with van der Waals surface area (Å²) in [7, 11) is 0. The fraction of sp³-hybridized carbons (Fsp3) is 0.333. The van der Waals surface area contributed by atoms with E-state index in [0.29, 0.717) is 12.1 Å². The molecule has 1 aliphatic rings. The van der Waals surface area contributed by atoms with E-state index in [-0.39, 0.29) is 0 Å². The first kappa shape index (κ1) is 10.7. The summed E-state index contributed by atoms with van der Waals surface area (Å²) in [5.74, 6) is 0. The lowest BCUT2D eigenvalue weighted by Gasteiger charge is -2.12. The Morgan fingerprint density at radius 2 is 2.00 bits per heavy atom. The lowest BCUT2D eigenvalue weighted by atomic mass is 10.0. The fourth-order valence-electron chi connectivity index (χ4n) is 2.35. The molecule has 2 aromatic rings. The van der Waals surface area contributed by atoms with Gasteiger partial charge in [-0.25, -0.2) is 0 Å². The Hall–Kier alpha value is -1.49. The smallest absolute Gasteiger partial charge is 0.357 e. The van der Waals surface area contributed by atoms with Gasteiger partial charge in [-0.3, -0.25) is 0 Å². The molecule has 0 bridgehead atoms. The van der Waals surface area contributed by atoms with Gasteiger partial charge in [0.2, 0.25) is 0 Å². The van der Waals surface area contributed by atoms with Gasteiger partial charge in [-0.1, -0.05) is 6.07 Å². The van der Waals surface area contributed by atoms with Crippen LogP contribution in [0.2, 0.25) is 0 Å². The molecule has 90 valence electrons. The number of aromatic nitrogens is 1. The average molecular weight is 240 g/mol. The van der Waals surface area contributed by atoms with E-state index in [2.05, 4.69) is 10.3 Å². The molecule has 0 amide bonds. The molecule has 0 radical (unpaired) electrons. The lowest BCUT2D eigenvalue weighted by Crippen LogP contribution is -2.22. The molecule has 1 aliphatic heterocycles. The van der Waals surface area contributed by atoms with Crippen LogP contribution in [-0.2, 0) is 19.1 Å². The molecule has 0 aliphatic carbocycles. The van der Waals surface area contributed by atoms with Crippen molar-refractivity contribution in [1.29, 1.82) is 0 Å². The molecule has 1 aromatic carbocycles. The number of nitrogens with one attached hydrogen (secondary N) is 2. The first-order valence-electron chi connectivity index (χ1n) is 5.47. The summed E-state index contributed by atoms with van der Waals surface area (Å²) in [6.07, 6.45) is -3.42. The molecule has 2 N–H and O–H groups in total. The Labute approximate surface area is 95.8 Å². The van der Waals surface area contributed by atoms with Crippen molar-refractivity contribution in [2.45, 2.75) is 19.1 Å². The van der Waals surface area contributed by atoms with Crippen molar-refractivity contribution >= 4 is 10.9 Å². The molecule has 2 nitrogen and oxygen atoms in total. The van der Waals surface area contributed by atoms with Crippen LogP contribution < -0.4 is 5.32 Å². The number of hydrogen-bond acceptors (Lipinski definition) is 1. The number of hydrogen-bond donors (Lipinski definition) is 2. The van der Waals surface area contributed by atoms with E-state index in [1.807, 2.05) is 0 Å². The van der Waals surface area contributed by atoms with Crippen molar-refractivity contribution in [1.82, 2.24) is 10.3 Å². The number of benzene rings is 1. The molecule has 17 heavy (non-hydrogen) atoms. The Morgan fingerprint density at radius 3 is 2.76 bits per heavy atom. The minimum absolute atomic E-state index is 0.577. The zero-order valence-corrected chi connectivity index (χ0v) is 8.99. The Kier molecular flexibility index (Phi) is 2.19. The van der Waals surface area contributed by atoms with Crippen molar-refractivity contribution in [3.8, 4) is 0 Å². The molecule has 0 saturated heterocycles. The van der Waals surface area contributed by atoms with Crippen LogP contribution in [0.1, 0.15) is 16.8 Å². The van der Waals surface area contributed by atoms with Crippen LogP contribution in [0.25, 0.3) is 10.9 Å². The second kappa shape index (κ2) is 3.50. The van der Waals surface area contributed by atoms with Gasteiger partial charge in [-0.15, -0.1) is 0 Å². The van der Waals surface area contributed by atoms with Crippen LogP contribution in [0.5, 0.6) is 0 Å². The van der Waals surface area contributed by atoms with Crippen LogP contribution in [0.15, 0.2) is 18.2 Å². The largest absolute Gasteiger partial charge is 0.416 e. The van der Waals surface area contributed by atoms with Gasteiger partial charge < -0.3 is 10.3 Å². The molecule has 0 atom stereocenters. The van der Waals surface area contributed by atoms with E-state index in [1.54, 1.807) is 6.07 Å². The minimum Gasteiger partial charge on any atom is -0.357 e. The van der Waals surface area contributed by atoms with Gasteiger partial charge in [-0.2, -0.15) is 13.2 Å². The zero-order valence-electron chi connectivity index (χ0n) is 8.99. The summed E-state index contributed by atoms with van der Waals surface area (Å²) in [6.45, 7) is 1.58. The zero-order chi connectivity index (χ0) is 12.0. The number of H-pyrrole nitrogens is 1. The normalized spacial score (nSPS) is 16.2. The van der Waals surface area contributed by atoms with Gasteiger partial charge in [-0.05, 0) is 30.7 Å². The average Bonchev–Trinajstić information content (AvgIpc) is 2.65. The monoisotopic (exact) mass is 240 g/mol. The number of rotatable bonds is 0. The van der Waals surface area contributed by atoms with E-state index in [0.717, 1.165) is 35.7 Å². The molecular formula is C12H11F3N2. The molecule has 3 rings (SSSR count). The number of fused-ring (bicyclic) bond motifs is 3. The van der Waals surface area contributed by atoms with E-state index in [1.165, 1.54) is 6.07 Å². The van der Waals surface area contributed by atoms with Crippen molar-refractivity contribution in [2.75, 3.05) is 6.54 Å². The second-order valence-corrected chi connectivity index (χ2v) is 4.27. The minimum atomic E-state index is -4.28. The molecule has 0 spiro atoms. The van der Waals surface area contributed by atoms with Crippen molar-refractivity contribution in [2.24, 2.45) is 0 Å². The topological polar surface area (TPSA) is 27.8 Å². The van der Waals surface area contributed by atoms with Crippen LogP contribution in [0, 0.1) is 0 Å². The van der Waals surface area contributed by atoms with Crippen molar-refractivity contribution in [3.05, 3.63) is 35.0 Å². The second-order valence-electron chi connectivity index (χ2n) is 4.27. The van der Waals surface area contributed by atoms with Gasteiger partial charge in [0.15, 0.2) is 0 Å². The summed E-state index contributed by atoms with van der Waals surface area (Å²) in [5, 5.41) is 4.10. The molecule has 0 saturated carbocycles. The van der Waals surface area contributed by atoms with Crippen molar-refractivity contribution < 1.29 is 13.2 Å². The number of alkyl halides is 3. The summed E-state index contributed by atoms with van der Waals surface area (Å²) in [4.78, 5) is 3.07. The first-order valence-corrected chi connectivity index (χ1v) is 5.47. The number of halogens is 3. The highest BCUT2D eigenvalue weighted by molar-refractivity contribution is 5.85. The maximum atomic E-state index is 12.6. The van der Waals surface area contributed by atoms with Crippen molar-refractivity contribution in [3.63, 3.8) is 0 Å². The van der Waals surface area contributed by atoms with Gasteiger partial charge in [0.25, 0.3) is 0 Å². The summed E-state index contributed by atoms with van der Waals surface area (Å²) in [5.41, 5.74) is 2.13. The summed E-state index contributed by atoms with van der Waals surface area (Å²) in [6, 6.07) is 3.91. The maximum Gasteiger partial charge on any atom is 0.416 e. The van der Waals surface area contributed by atoms with E-state index in [4.69, 9.17) is 0 Å². The standard InChI is InChI=1S/C12H11F3N2/c13-12(14,15)7-1-2-8-9-3-4-16-6-11(9)17-10(8)5-7/h1-2,5,16-17H,3-4,6H2. The van der Waals surface area contributed by atoms with Gasteiger partial charge in [0.1, 0.15) is 0 Å². The van der Waals surface area contributed by atoms with Crippen LogP contribution >= 0.6 is 0 Å². The molecule has 2 heterocycles. The highest BCUT2D eigenvalue weighted by Gasteiger charge is 2.31. The molecule has 1 aromatic heterocycles. The third-order valence-electron chi connectivity index (χ3n) is 3.18. The Balaban J connectivity index is 2.18. The van der Waals surface area contributed by atoms with Gasteiger partial charge >= 0.3 is 6.18 Å². The fourth-order valence-corrected chi connectivity index (χ4v) is 2.35. The summed E-state index contributed by atoms with van der Waals surface area (Å²) >= 11 is 0. The summed E-state index contributed by atoms with van der Waals surface area (Å²) < 4.78 is 37.7. The predicted octanol–water partition coefficient (Wildman–Crippen LogP) is 2.83. The Morgan fingerprint density at radius 1 is 1.18 bits per heavy atom. The SMILES string of the molecule is FC(F)(F)c1ccc2c3c([nH]c2c1)CNCC3. The molecule has 0 fully saturated rings. The molecule has 0 unspecified atom stereocenters. The third-order valence-corrected chi connectivity index (χ3v) is 3.18. The predicted molar refractivity (Wildman–Crippen MR) is 58.7 cm³/mol. The van der Waals surface area contributed by atoms with Gasteiger partial charge in [0, 0.05) is 23.1 Å². The maximum absolute atomic E-state index is 12.6.